The van der Waals surface area contributed by atoms with Gasteiger partial charge in [0.2, 0.25) is 0 Å². The minimum Gasteiger partial charge on any atom is -0.440 e. The van der Waals surface area contributed by atoms with Crippen molar-refractivity contribution in [1.82, 2.24) is 10.3 Å². The molecular formula is C7H7F3N2O2S. The summed E-state index contributed by atoms with van der Waals surface area (Å²) >= 11 is 1.28. The third kappa shape index (κ3) is 5.21. The highest BCUT2D eigenvalue weighted by Gasteiger charge is 2.29. The van der Waals surface area contributed by atoms with E-state index in [0.717, 1.165) is 0 Å². The Hall–Kier alpha value is -1.31. The molecule has 1 N–H and O–H groups in total. The van der Waals surface area contributed by atoms with Crippen LogP contribution in [0, 0.1) is 0 Å². The fraction of sp³-hybridized carbons (Fsp3) is 0.429. The number of carbonyl (C=O) groups is 1. The summed E-state index contributed by atoms with van der Waals surface area (Å²) < 4.78 is 38.7. The number of carbonyl (C=O) groups excluding carboxylic acids is 1. The van der Waals surface area contributed by atoms with E-state index in [1.807, 2.05) is 0 Å². The van der Waals surface area contributed by atoms with Crippen molar-refractivity contribution in [3.05, 3.63) is 16.6 Å². The van der Waals surface area contributed by atoms with Gasteiger partial charge in [-0.2, -0.15) is 13.2 Å². The van der Waals surface area contributed by atoms with Gasteiger partial charge in [0.05, 0.1) is 6.54 Å². The van der Waals surface area contributed by atoms with E-state index in [9.17, 15) is 18.0 Å². The molecule has 0 aliphatic rings. The first-order valence-electron chi connectivity index (χ1n) is 3.83. The Morgan fingerprint density at radius 3 is 2.87 bits per heavy atom. The van der Waals surface area contributed by atoms with E-state index in [-0.39, 0.29) is 6.54 Å². The summed E-state index contributed by atoms with van der Waals surface area (Å²) in [6.45, 7) is -1.52. The molecule has 0 unspecified atom stereocenters. The Morgan fingerprint density at radius 1 is 1.60 bits per heavy atom. The molecule has 1 amide bonds. The normalized spacial score (nSPS) is 11.1. The lowest BCUT2D eigenvalue weighted by Gasteiger charge is -2.07. The molecule has 0 aliphatic heterocycles. The van der Waals surface area contributed by atoms with Crippen molar-refractivity contribution in [3.8, 4) is 0 Å². The van der Waals surface area contributed by atoms with Crippen molar-refractivity contribution in [2.75, 3.05) is 6.61 Å². The zero-order chi connectivity index (χ0) is 11.3. The molecule has 0 saturated carbocycles. The standard InChI is InChI=1S/C7H7F3N2O2S/c8-7(9,10)4-14-6(13)12-3-5-11-1-2-15-5/h1-2H,3-4H2,(H,12,13). The maximum absolute atomic E-state index is 11.6. The van der Waals surface area contributed by atoms with E-state index in [1.54, 1.807) is 5.38 Å². The first-order valence-corrected chi connectivity index (χ1v) is 4.71. The molecule has 0 aromatic carbocycles. The number of alkyl carbamates (subject to hydrolysis) is 1. The average Bonchev–Trinajstić information content (AvgIpc) is 2.62. The molecule has 0 spiro atoms. The van der Waals surface area contributed by atoms with Crippen LogP contribution in [-0.2, 0) is 11.3 Å². The van der Waals surface area contributed by atoms with Gasteiger partial charge >= 0.3 is 12.3 Å². The number of halogens is 3. The molecule has 0 saturated heterocycles. The van der Waals surface area contributed by atoms with E-state index in [1.165, 1.54) is 17.5 Å². The molecule has 0 bridgehead atoms. The van der Waals surface area contributed by atoms with Crippen LogP contribution < -0.4 is 5.32 Å². The zero-order valence-electron chi connectivity index (χ0n) is 7.37. The van der Waals surface area contributed by atoms with Gasteiger partial charge in [-0.1, -0.05) is 0 Å². The molecule has 84 valence electrons. The van der Waals surface area contributed by atoms with Crippen LogP contribution in [0.2, 0.25) is 0 Å². The maximum atomic E-state index is 11.6. The highest BCUT2D eigenvalue weighted by molar-refractivity contribution is 7.09. The molecular weight excluding hydrogens is 233 g/mol. The number of hydrogen-bond donors (Lipinski definition) is 1. The third-order valence-corrected chi connectivity index (χ3v) is 2.01. The van der Waals surface area contributed by atoms with Crippen molar-refractivity contribution in [2.45, 2.75) is 12.7 Å². The summed E-state index contributed by atoms with van der Waals surface area (Å²) in [5.74, 6) is 0. The number of rotatable bonds is 3. The van der Waals surface area contributed by atoms with Crippen LogP contribution in [0.5, 0.6) is 0 Å². The Morgan fingerprint density at radius 2 is 2.33 bits per heavy atom. The molecule has 8 heteroatoms. The van der Waals surface area contributed by atoms with Crippen molar-refractivity contribution < 1.29 is 22.7 Å². The summed E-state index contributed by atoms with van der Waals surface area (Å²) in [7, 11) is 0. The number of nitrogens with one attached hydrogen (secondary N) is 1. The number of hydrogen-bond acceptors (Lipinski definition) is 4. The molecule has 0 fully saturated rings. The fourth-order valence-corrected chi connectivity index (χ4v) is 1.24. The number of nitrogens with zero attached hydrogens (tertiary/aromatic N) is 1. The molecule has 1 rings (SSSR count). The van der Waals surface area contributed by atoms with Gasteiger partial charge in [-0.15, -0.1) is 11.3 Å². The molecule has 4 nitrogen and oxygen atoms in total. The Balaban J connectivity index is 2.20. The predicted molar refractivity (Wildman–Crippen MR) is 46.4 cm³/mol. The summed E-state index contributed by atoms with van der Waals surface area (Å²) in [4.78, 5) is 14.6. The van der Waals surface area contributed by atoms with Gasteiger partial charge < -0.3 is 10.1 Å². The van der Waals surface area contributed by atoms with Crippen molar-refractivity contribution >= 4 is 17.4 Å². The minimum atomic E-state index is -4.50. The zero-order valence-corrected chi connectivity index (χ0v) is 8.19. The summed E-state index contributed by atoms with van der Waals surface area (Å²) in [6.07, 6.45) is -4.08. The number of aromatic nitrogens is 1. The largest absolute Gasteiger partial charge is 0.440 e. The topological polar surface area (TPSA) is 51.2 Å². The fourth-order valence-electron chi connectivity index (χ4n) is 0.686. The summed E-state index contributed by atoms with van der Waals surface area (Å²) in [6, 6.07) is 0. The molecule has 15 heavy (non-hydrogen) atoms. The van der Waals surface area contributed by atoms with Gasteiger partial charge in [0.25, 0.3) is 0 Å². The summed E-state index contributed by atoms with van der Waals surface area (Å²) in [5.41, 5.74) is 0. The highest BCUT2D eigenvalue weighted by atomic mass is 32.1. The Bertz CT molecular complexity index is 313. The van der Waals surface area contributed by atoms with Crippen molar-refractivity contribution in [2.24, 2.45) is 0 Å². The molecule has 0 radical (unpaired) electrons. The molecule has 1 aromatic rings. The Labute approximate surface area is 87.1 Å². The van der Waals surface area contributed by atoms with Crippen LogP contribution in [0.1, 0.15) is 5.01 Å². The second-order valence-corrected chi connectivity index (χ2v) is 3.45. The van der Waals surface area contributed by atoms with E-state index in [2.05, 4.69) is 15.0 Å². The smallest absolute Gasteiger partial charge is 0.422 e. The van der Waals surface area contributed by atoms with Gasteiger partial charge in [-0.25, -0.2) is 9.78 Å². The SMILES string of the molecule is O=C(NCc1nccs1)OCC(F)(F)F. The quantitative estimate of drug-likeness (QED) is 0.878. The lowest BCUT2D eigenvalue weighted by Crippen LogP contribution is -2.28. The predicted octanol–water partition coefficient (Wildman–Crippen LogP) is 1.93. The van der Waals surface area contributed by atoms with Crippen LogP contribution >= 0.6 is 11.3 Å². The molecule has 1 heterocycles. The number of thiazole rings is 1. The van der Waals surface area contributed by atoms with Crippen LogP contribution in [-0.4, -0.2) is 23.9 Å². The molecule has 0 atom stereocenters. The van der Waals surface area contributed by atoms with Crippen LogP contribution in [0.15, 0.2) is 11.6 Å². The number of amides is 1. The molecule has 0 aliphatic carbocycles. The van der Waals surface area contributed by atoms with Crippen LogP contribution in [0.4, 0.5) is 18.0 Å². The third-order valence-electron chi connectivity index (χ3n) is 1.23. The minimum absolute atomic E-state index is 0.0638. The average molecular weight is 240 g/mol. The summed E-state index contributed by atoms with van der Waals surface area (Å²) in [5, 5.41) is 4.43. The van der Waals surface area contributed by atoms with Crippen LogP contribution in [0.25, 0.3) is 0 Å². The first kappa shape index (κ1) is 11.8. The van der Waals surface area contributed by atoms with Crippen LogP contribution in [0.3, 0.4) is 0 Å². The van der Waals surface area contributed by atoms with Gasteiger partial charge in [0.15, 0.2) is 6.61 Å². The van der Waals surface area contributed by atoms with E-state index >= 15 is 0 Å². The Kier molecular flexibility index (Phi) is 3.89. The van der Waals surface area contributed by atoms with E-state index in [0.29, 0.717) is 5.01 Å². The van der Waals surface area contributed by atoms with Gasteiger partial charge in [-0.3, -0.25) is 0 Å². The first-order chi connectivity index (χ1) is 6.97. The lowest BCUT2D eigenvalue weighted by atomic mass is 10.6. The van der Waals surface area contributed by atoms with Crippen molar-refractivity contribution in [1.29, 1.82) is 0 Å². The van der Waals surface area contributed by atoms with E-state index < -0.39 is 18.9 Å². The monoisotopic (exact) mass is 240 g/mol. The van der Waals surface area contributed by atoms with Gasteiger partial charge in [0.1, 0.15) is 5.01 Å². The second-order valence-electron chi connectivity index (χ2n) is 2.47. The number of ether oxygens (including phenoxy) is 1. The van der Waals surface area contributed by atoms with Gasteiger partial charge in [0, 0.05) is 11.6 Å². The maximum Gasteiger partial charge on any atom is 0.422 e. The van der Waals surface area contributed by atoms with E-state index in [4.69, 9.17) is 0 Å². The molecule has 1 aromatic heterocycles. The second kappa shape index (κ2) is 4.96. The van der Waals surface area contributed by atoms with Gasteiger partial charge in [-0.05, 0) is 0 Å². The van der Waals surface area contributed by atoms with Crippen molar-refractivity contribution in [3.63, 3.8) is 0 Å². The number of alkyl halides is 3. The lowest BCUT2D eigenvalue weighted by molar-refractivity contribution is -0.160. The highest BCUT2D eigenvalue weighted by Crippen LogP contribution is 2.14.